The van der Waals surface area contributed by atoms with Gasteiger partial charge in [-0.1, -0.05) is 0 Å². The van der Waals surface area contributed by atoms with Crippen molar-refractivity contribution >= 4 is 16.9 Å². The normalized spacial score (nSPS) is 20.2. The van der Waals surface area contributed by atoms with E-state index in [0.717, 1.165) is 80.3 Å². The molecule has 1 atom stereocenters. The standard InChI is InChI=1S/C25H32N4O3/c1-16-13-20-21(14-17(16)2)27-24(26-20)22-6-4-5-7-29(22)25(30)23-18(3)12-19(32-23)15-28-8-10-31-11-9-28/h12-14,22H,4-11,15H2,1-3H3,(H,26,27)/t22-/m1/s1. The van der Waals surface area contributed by atoms with Crippen LogP contribution in [0.3, 0.4) is 0 Å². The quantitative estimate of drug-likeness (QED) is 0.661. The number of piperidine rings is 1. The summed E-state index contributed by atoms with van der Waals surface area (Å²) >= 11 is 0. The number of likely N-dealkylation sites (tertiary alicyclic amines) is 1. The van der Waals surface area contributed by atoms with E-state index in [2.05, 4.69) is 35.9 Å². The Kier molecular flexibility index (Phi) is 5.78. The van der Waals surface area contributed by atoms with Gasteiger partial charge in [-0.2, -0.15) is 0 Å². The second-order valence-electron chi connectivity index (χ2n) is 9.20. The average Bonchev–Trinajstić information content (AvgIpc) is 3.37. The molecule has 0 unspecified atom stereocenters. The van der Waals surface area contributed by atoms with Crippen LogP contribution in [0.2, 0.25) is 0 Å². The van der Waals surface area contributed by atoms with E-state index in [0.29, 0.717) is 12.3 Å². The predicted octanol–water partition coefficient (Wildman–Crippen LogP) is 4.28. The van der Waals surface area contributed by atoms with E-state index >= 15 is 0 Å². The highest BCUT2D eigenvalue weighted by atomic mass is 16.5. The van der Waals surface area contributed by atoms with Crippen LogP contribution in [-0.4, -0.2) is 58.5 Å². The second kappa shape index (κ2) is 8.71. The van der Waals surface area contributed by atoms with Crippen molar-refractivity contribution in [2.45, 2.75) is 52.6 Å². The Morgan fingerprint density at radius 2 is 1.84 bits per heavy atom. The number of nitrogens with one attached hydrogen (secondary N) is 1. The molecule has 0 spiro atoms. The highest BCUT2D eigenvalue weighted by Crippen LogP contribution is 2.33. The van der Waals surface area contributed by atoms with Crippen molar-refractivity contribution in [3.8, 4) is 0 Å². The highest BCUT2D eigenvalue weighted by Gasteiger charge is 2.33. The largest absolute Gasteiger partial charge is 0.454 e. The number of aromatic amines is 1. The molecule has 0 bridgehead atoms. The molecule has 2 aromatic heterocycles. The van der Waals surface area contributed by atoms with Gasteiger partial charge in [0.15, 0.2) is 5.76 Å². The molecule has 32 heavy (non-hydrogen) atoms. The highest BCUT2D eigenvalue weighted by molar-refractivity contribution is 5.93. The number of ether oxygens (including phenoxy) is 1. The Morgan fingerprint density at radius 1 is 1.06 bits per heavy atom. The van der Waals surface area contributed by atoms with Crippen molar-refractivity contribution in [1.29, 1.82) is 0 Å². The van der Waals surface area contributed by atoms with Crippen molar-refractivity contribution in [3.63, 3.8) is 0 Å². The zero-order chi connectivity index (χ0) is 22.2. The van der Waals surface area contributed by atoms with Crippen LogP contribution in [0.1, 0.15) is 64.1 Å². The molecule has 170 valence electrons. The zero-order valence-electron chi connectivity index (χ0n) is 19.2. The first kappa shape index (κ1) is 21.2. The summed E-state index contributed by atoms with van der Waals surface area (Å²) in [6, 6.07) is 6.21. The number of aromatic nitrogens is 2. The van der Waals surface area contributed by atoms with Gasteiger partial charge in [-0.15, -0.1) is 0 Å². The molecule has 2 fully saturated rings. The Hall–Kier alpha value is -2.64. The molecule has 2 aliphatic rings. The first-order valence-electron chi connectivity index (χ1n) is 11.7. The van der Waals surface area contributed by atoms with Crippen molar-refractivity contribution in [3.05, 3.63) is 52.2 Å². The van der Waals surface area contributed by atoms with Gasteiger partial charge in [-0.25, -0.2) is 4.98 Å². The molecule has 4 heterocycles. The van der Waals surface area contributed by atoms with Gasteiger partial charge in [0.05, 0.1) is 36.8 Å². The van der Waals surface area contributed by atoms with Crippen LogP contribution < -0.4 is 0 Å². The van der Waals surface area contributed by atoms with Crippen molar-refractivity contribution < 1.29 is 13.9 Å². The molecule has 0 saturated carbocycles. The number of fused-ring (bicyclic) bond motifs is 1. The molecular weight excluding hydrogens is 404 g/mol. The minimum Gasteiger partial charge on any atom is -0.454 e. The van der Waals surface area contributed by atoms with Crippen LogP contribution in [0.25, 0.3) is 11.0 Å². The number of nitrogens with zero attached hydrogens (tertiary/aromatic N) is 3. The summed E-state index contributed by atoms with van der Waals surface area (Å²) in [7, 11) is 0. The third-order valence-electron chi connectivity index (χ3n) is 6.84. The molecule has 1 N–H and O–H groups in total. The lowest BCUT2D eigenvalue weighted by atomic mass is 10.0. The molecule has 3 aromatic rings. The van der Waals surface area contributed by atoms with Gasteiger partial charge in [-0.05, 0) is 69.4 Å². The van der Waals surface area contributed by atoms with Crippen LogP contribution >= 0.6 is 0 Å². The number of amides is 1. The number of morpholine rings is 1. The number of hydrogen-bond donors (Lipinski definition) is 1. The lowest BCUT2D eigenvalue weighted by molar-refractivity contribution is 0.0307. The molecule has 1 amide bonds. The van der Waals surface area contributed by atoms with Crippen LogP contribution in [-0.2, 0) is 11.3 Å². The number of carbonyl (C=O) groups is 1. The van der Waals surface area contributed by atoms with E-state index in [-0.39, 0.29) is 11.9 Å². The summed E-state index contributed by atoms with van der Waals surface area (Å²) in [6.45, 7) is 10.9. The van der Waals surface area contributed by atoms with E-state index in [1.807, 2.05) is 17.9 Å². The van der Waals surface area contributed by atoms with Gasteiger partial charge in [0, 0.05) is 25.2 Å². The first-order chi connectivity index (χ1) is 15.5. The monoisotopic (exact) mass is 436 g/mol. The number of aryl methyl sites for hydroxylation is 3. The fraction of sp³-hybridized carbons (Fsp3) is 0.520. The van der Waals surface area contributed by atoms with E-state index in [1.165, 1.54) is 11.1 Å². The van der Waals surface area contributed by atoms with E-state index in [9.17, 15) is 4.79 Å². The van der Waals surface area contributed by atoms with E-state index in [1.54, 1.807) is 0 Å². The van der Waals surface area contributed by atoms with Gasteiger partial charge in [0.1, 0.15) is 11.6 Å². The summed E-state index contributed by atoms with van der Waals surface area (Å²) in [6.07, 6.45) is 2.99. The fourth-order valence-electron chi connectivity index (χ4n) is 4.85. The molecule has 0 aliphatic carbocycles. The molecule has 0 radical (unpaired) electrons. The lowest BCUT2D eigenvalue weighted by Crippen LogP contribution is -2.39. The second-order valence-corrected chi connectivity index (χ2v) is 9.20. The summed E-state index contributed by atoms with van der Waals surface area (Å²) < 4.78 is 11.5. The Labute approximate surface area is 188 Å². The third-order valence-corrected chi connectivity index (χ3v) is 6.84. The molecular formula is C25H32N4O3. The number of carbonyl (C=O) groups excluding carboxylic acids is 1. The minimum absolute atomic E-state index is 0.0340. The maximum absolute atomic E-state index is 13.6. The van der Waals surface area contributed by atoms with Crippen LogP contribution in [0, 0.1) is 20.8 Å². The van der Waals surface area contributed by atoms with Crippen molar-refractivity contribution in [2.75, 3.05) is 32.8 Å². The molecule has 2 aliphatic heterocycles. The Bertz CT molecular complexity index is 1090. The minimum atomic E-state index is -0.0588. The lowest BCUT2D eigenvalue weighted by Gasteiger charge is -2.34. The molecule has 5 rings (SSSR count). The summed E-state index contributed by atoms with van der Waals surface area (Å²) in [5, 5.41) is 0. The summed E-state index contributed by atoms with van der Waals surface area (Å²) in [4.78, 5) is 26.2. The number of benzene rings is 1. The molecule has 7 nitrogen and oxygen atoms in total. The smallest absolute Gasteiger partial charge is 0.290 e. The van der Waals surface area contributed by atoms with Crippen LogP contribution in [0.15, 0.2) is 22.6 Å². The van der Waals surface area contributed by atoms with Gasteiger partial charge in [0.2, 0.25) is 0 Å². The predicted molar refractivity (Wildman–Crippen MR) is 123 cm³/mol. The van der Waals surface area contributed by atoms with E-state index in [4.69, 9.17) is 14.1 Å². The molecule has 2 saturated heterocycles. The van der Waals surface area contributed by atoms with Gasteiger partial charge in [-0.3, -0.25) is 9.69 Å². The Morgan fingerprint density at radius 3 is 2.66 bits per heavy atom. The van der Waals surface area contributed by atoms with E-state index < -0.39 is 0 Å². The molecule has 7 heteroatoms. The summed E-state index contributed by atoms with van der Waals surface area (Å²) in [5.41, 5.74) is 5.36. The van der Waals surface area contributed by atoms with Crippen molar-refractivity contribution in [2.24, 2.45) is 0 Å². The van der Waals surface area contributed by atoms with Crippen LogP contribution in [0.5, 0.6) is 0 Å². The average molecular weight is 437 g/mol. The molecule has 1 aromatic carbocycles. The maximum atomic E-state index is 13.6. The topological polar surface area (TPSA) is 74.6 Å². The Balaban J connectivity index is 1.39. The van der Waals surface area contributed by atoms with Gasteiger partial charge >= 0.3 is 0 Å². The SMILES string of the molecule is Cc1cc2nc([C@H]3CCCCN3C(=O)c3oc(CN4CCOCC4)cc3C)[nH]c2cc1C. The number of rotatable bonds is 4. The zero-order valence-corrected chi connectivity index (χ0v) is 19.2. The van der Waals surface area contributed by atoms with Crippen molar-refractivity contribution in [1.82, 2.24) is 19.8 Å². The number of hydrogen-bond acceptors (Lipinski definition) is 5. The number of H-pyrrole nitrogens is 1. The summed E-state index contributed by atoms with van der Waals surface area (Å²) in [5.74, 6) is 2.14. The third kappa shape index (κ3) is 4.07. The van der Waals surface area contributed by atoms with Gasteiger partial charge < -0.3 is 19.0 Å². The fourth-order valence-corrected chi connectivity index (χ4v) is 4.85. The number of furan rings is 1. The van der Waals surface area contributed by atoms with Crippen LogP contribution in [0.4, 0.5) is 0 Å². The first-order valence-corrected chi connectivity index (χ1v) is 11.7. The van der Waals surface area contributed by atoms with Gasteiger partial charge in [0.25, 0.3) is 5.91 Å². The maximum Gasteiger partial charge on any atom is 0.290 e. The number of imidazole rings is 1.